The molecule has 3 aliphatic heterocycles. The van der Waals surface area contributed by atoms with Gasteiger partial charge < -0.3 is 15.1 Å². The lowest BCUT2D eigenvalue weighted by Crippen LogP contribution is -2.52. The molecule has 0 aromatic heterocycles. The Balaban J connectivity index is 1.39. The van der Waals surface area contributed by atoms with Gasteiger partial charge in [0.1, 0.15) is 0 Å². The Kier molecular flexibility index (Phi) is 7.18. The average molecular weight is 351 g/mol. The Morgan fingerprint density at radius 3 is 2.04 bits per heavy atom. The third kappa shape index (κ3) is 5.18. The number of hydrogen-bond acceptors (Lipinski definition) is 4. The Hall–Kier alpha value is -0.160. The lowest BCUT2D eigenvalue weighted by atomic mass is 9.87. The van der Waals surface area contributed by atoms with Crippen molar-refractivity contribution in [2.75, 3.05) is 52.4 Å². The van der Waals surface area contributed by atoms with Crippen LogP contribution in [0, 0.1) is 11.8 Å². The summed E-state index contributed by atoms with van der Waals surface area (Å²) in [6, 6.07) is 2.27. The Morgan fingerprint density at radius 2 is 1.44 bits per heavy atom. The summed E-state index contributed by atoms with van der Waals surface area (Å²) in [6.07, 6.45) is 5.62. The molecule has 0 aromatic carbocycles. The van der Waals surface area contributed by atoms with Crippen LogP contribution in [0.1, 0.15) is 53.4 Å². The fourth-order valence-corrected chi connectivity index (χ4v) is 5.39. The normalized spacial score (nSPS) is 30.8. The van der Waals surface area contributed by atoms with Crippen LogP contribution >= 0.6 is 0 Å². The molecule has 3 heterocycles. The van der Waals surface area contributed by atoms with Gasteiger partial charge in [0.05, 0.1) is 0 Å². The average Bonchev–Trinajstić information content (AvgIpc) is 3.11. The van der Waals surface area contributed by atoms with Crippen molar-refractivity contribution in [2.24, 2.45) is 11.8 Å². The zero-order valence-electron chi connectivity index (χ0n) is 17.2. The molecule has 146 valence electrons. The second-order valence-electron chi connectivity index (χ2n) is 9.23. The highest BCUT2D eigenvalue weighted by Crippen LogP contribution is 2.29. The molecule has 0 aliphatic carbocycles. The van der Waals surface area contributed by atoms with E-state index in [-0.39, 0.29) is 0 Å². The summed E-state index contributed by atoms with van der Waals surface area (Å²) in [5.41, 5.74) is 0. The van der Waals surface area contributed by atoms with Gasteiger partial charge in [0.25, 0.3) is 0 Å². The molecular formula is C21H42N4. The Labute approximate surface area is 156 Å². The quantitative estimate of drug-likeness (QED) is 0.794. The molecule has 3 atom stereocenters. The molecule has 1 N–H and O–H groups in total. The van der Waals surface area contributed by atoms with Gasteiger partial charge in [-0.15, -0.1) is 0 Å². The minimum absolute atomic E-state index is 0.725. The summed E-state index contributed by atoms with van der Waals surface area (Å²) in [5, 5.41) is 3.49. The van der Waals surface area contributed by atoms with Crippen LogP contribution in [0.5, 0.6) is 0 Å². The van der Waals surface area contributed by atoms with E-state index in [1.807, 2.05) is 0 Å². The van der Waals surface area contributed by atoms with Gasteiger partial charge in [0, 0.05) is 50.8 Å². The van der Waals surface area contributed by atoms with Crippen molar-refractivity contribution in [3.63, 3.8) is 0 Å². The van der Waals surface area contributed by atoms with Crippen molar-refractivity contribution in [3.8, 4) is 0 Å². The van der Waals surface area contributed by atoms with E-state index in [0.29, 0.717) is 0 Å². The molecule has 0 saturated carbocycles. The minimum atomic E-state index is 0.725. The van der Waals surface area contributed by atoms with Gasteiger partial charge in [-0.25, -0.2) is 0 Å². The third-order valence-electron chi connectivity index (χ3n) is 7.33. The highest BCUT2D eigenvalue weighted by Gasteiger charge is 2.31. The maximum absolute atomic E-state index is 3.49. The summed E-state index contributed by atoms with van der Waals surface area (Å²) in [4.78, 5) is 8.18. The molecule has 25 heavy (non-hydrogen) atoms. The number of piperazine rings is 1. The van der Waals surface area contributed by atoms with E-state index in [2.05, 4.69) is 47.7 Å². The monoisotopic (exact) mass is 350 g/mol. The fraction of sp³-hybridized carbons (Fsp3) is 1.00. The van der Waals surface area contributed by atoms with E-state index in [9.17, 15) is 0 Å². The molecule has 3 unspecified atom stereocenters. The molecule has 4 nitrogen and oxygen atoms in total. The van der Waals surface area contributed by atoms with Gasteiger partial charge in [-0.05, 0) is 84.8 Å². The summed E-state index contributed by atoms with van der Waals surface area (Å²) in [6.45, 7) is 19.8. The van der Waals surface area contributed by atoms with Gasteiger partial charge in [0.2, 0.25) is 0 Å². The van der Waals surface area contributed by atoms with E-state index in [1.165, 1.54) is 78.0 Å². The van der Waals surface area contributed by atoms with E-state index in [4.69, 9.17) is 0 Å². The topological polar surface area (TPSA) is 21.8 Å². The van der Waals surface area contributed by atoms with Gasteiger partial charge in [-0.3, -0.25) is 4.90 Å². The zero-order chi connectivity index (χ0) is 17.8. The van der Waals surface area contributed by atoms with Crippen molar-refractivity contribution in [2.45, 2.75) is 71.5 Å². The summed E-state index contributed by atoms with van der Waals surface area (Å²) in [5.74, 6) is 1.83. The SMILES string of the molecule is CC(C)N1CCC(CC(C)N2CCC(C(C)N3CCNCC3)CC2)C1. The van der Waals surface area contributed by atoms with Crippen LogP contribution in [0.3, 0.4) is 0 Å². The molecule has 3 fully saturated rings. The predicted octanol–water partition coefficient (Wildman–Crippen LogP) is 2.50. The van der Waals surface area contributed by atoms with E-state index in [1.54, 1.807) is 0 Å². The van der Waals surface area contributed by atoms with Gasteiger partial charge >= 0.3 is 0 Å². The standard InChI is InChI=1S/C21H42N4/c1-17(2)25-10-5-20(16-25)15-18(3)23-11-6-21(7-12-23)19(4)24-13-8-22-9-14-24/h17-22H,5-16H2,1-4H3. The molecule has 0 amide bonds. The third-order valence-corrected chi connectivity index (χ3v) is 7.33. The molecule has 3 aliphatic rings. The zero-order valence-corrected chi connectivity index (χ0v) is 17.2. The highest BCUT2D eigenvalue weighted by molar-refractivity contribution is 4.87. The smallest absolute Gasteiger partial charge is 0.0110 e. The number of rotatable bonds is 6. The van der Waals surface area contributed by atoms with E-state index < -0.39 is 0 Å². The van der Waals surface area contributed by atoms with Crippen molar-refractivity contribution in [3.05, 3.63) is 0 Å². The maximum Gasteiger partial charge on any atom is 0.0110 e. The van der Waals surface area contributed by atoms with Crippen LogP contribution < -0.4 is 5.32 Å². The van der Waals surface area contributed by atoms with Crippen LogP contribution in [-0.2, 0) is 0 Å². The van der Waals surface area contributed by atoms with E-state index in [0.717, 1.165) is 30.0 Å². The minimum Gasteiger partial charge on any atom is -0.314 e. The molecule has 0 radical (unpaired) electrons. The molecule has 0 bridgehead atoms. The Morgan fingerprint density at radius 1 is 0.800 bits per heavy atom. The van der Waals surface area contributed by atoms with Crippen molar-refractivity contribution in [1.82, 2.24) is 20.0 Å². The fourth-order valence-electron chi connectivity index (χ4n) is 5.39. The lowest BCUT2D eigenvalue weighted by molar-refractivity contribution is 0.0679. The lowest BCUT2D eigenvalue weighted by Gasteiger charge is -2.43. The van der Waals surface area contributed by atoms with Crippen LogP contribution in [-0.4, -0.2) is 85.2 Å². The second-order valence-corrected chi connectivity index (χ2v) is 9.23. The van der Waals surface area contributed by atoms with Crippen molar-refractivity contribution in [1.29, 1.82) is 0 Å². The number of nitrogens with zero attached hydrogens (tertiary/aromatic N) is 3. The molecule has 3 saturated heterocycles. The van der Waals surface area contributed by atoms with Gasteiger partial charge in [0.15, 0.2) is 0 Å². The number of nitrogens with one attached hydrogen (secondary N) is 1. The molecule has 0 aromatic rings. The van der Waals surface area contributed by atoms with Gasteiger partial charge in [-0.1, -0.05) is 0 Å². The first kappa shape index (κ1) is 19.6. The predicted molar refractivity (Wildman–Crippen MR) is 107 cm³/mol. The largest absolute Gasteiger partial charge is 0.314 e. The van der Waals surface area contributed by atoms with E-state index >= 15 is 0 Å². The van der Waals surface area contributed by atoms with Gasteiger partial charge in [-0.2, -0.15) is 0 Å². The van der Waals surface area contributed by atoms with Crippen LogP contribution in [0.15, 0.2) is 0 Å². The van der Waals surface area contributed by atoms with Crippen LogP contribution in [0.2, 0.25) is 0 Å². The van der Waals surface area contributed by atoms with Crippen LogP contribution in [0.25, 0.3) is 0 Å². The molecule has 4 heteroatoms. The second kappa shape index (κ2) is 9.16. The maximum atomic E-state index is 3.49. The number of hydrogen-bond donors (Lipinski definition) is 1. The molecule has 3 rings (SSSR count). The first-order valence-corrected chi connectivity index (χ1v) is 11.0. The summed E-state index contributed by atoms with van der Waals surface area (Å²) < 4.78 is 0. The first-order chi connectivity index (χ1) is 12.0. The highest BCUT2D eigenvalue weighted by atomic mass is 15.2. The van der Waals surface area contributed by atoms with Crippen molar-refractivity contribution >= 4 is 0 Å². The molecular weight excluding hydrogens is 308 g/mol. The first-order valence-electron chi connectivity index (χ1n) is 11.0. The summed E-state index contributed by atoms with van der Waals surface area (Å²) in [7, 11) is 0. The summed E-state index contributed by atoms with van der Waals surface area (Å²) >= 11 is 0. The number of piperidine rings is 1. The molecule has 0 spiro atoms. The van der Waals surface area contributed by atoms with Crippen molar-refractivity contribution < 1.29 is 0 Å². The number of likely N-dealkylation sites (tertiary alicyclic amines) is 2. The van der Waals surface area contributed by atoms with Crippen LogP contribution in [0.4, 0.5) is 0 Å². The Bertz CT molecular complexity index is 385.